The van der Waals surface area contributed by atoms with Crippen molar-refractivity contribution in [1.82, 2.24) is 4.90 Å². The molecule has 2 aliphatic rings. The second-order valence-electron chi connectivity index (χ2n) is 6.87. The Labute approximate surface area is 153 Å². The summed E-state index contributed by atoms with van der Waals surface area (Å²) in [7, 11) is 0. The van der Waals surface area contributed by atoms with Gasteiger partial charge in [0.05, 0.1) is 12.5 Å². The Hall–Kier alpha value is -2.88. The smallest absolute Gasteiger partial charge is 0.229 e. The van der Waals surface area contributed by atoms with Gasteiger partial charge in [-0.25, -0.2) is 0 Å². The summed E-state index contributed by atoms with van der Waals surface area (Å²) in [6.07, 6.45) is 6.00. The molecule has 0 fully saturated rings. The standard InChI is InChI=1S/C22H22N2O2/c1-16(25)23-14-12-17-7-2-4-10-19(17)21(23)15-22(26)24-13-6-9-18-8-3-5-11-20(18)24/h2-5,7-8,10-12,14,21H,6,9,13,15H2,1H3/t21-/m0/s1. The van der Waals surface area contributed by atoms with Crippen molar-refractivity contribution in [2.24, 2.45) is 0 Å². The lowest BCUT2D eigenvalue weighted by molar-refractivity contribution is -0.129. The SMILES string of the molecule is CC(=O)N1C=Cc2ccccc2[C@@H]1CC(=O)N1CCCc2ccccc21. The largest absolute Gasteiger partial charge is 0.312 e. The van der Waals surface area contributed by atoms with Crippen molar-refractivity contribution in [3.8, 4) is 0 Å². The highest BCUT2D eigenvalue weighted by atomic mass is 16.2. The maximum absolute atomic E-state index is 13.2. The molecule has 2 aromatic rings. The van der Waals surface area contributed by atoms with Crippen LogP contribution in [0.3, 0.4) is 0 Å². The first-order chi connectivity index (χ1) is 12.6. The number of rotatable bonds is 2. The average molecular weight is 346 g/mol. The summed E-state index contributed by atoms with van der Waals surface area (Å²) >= 11 is 0. The Kier molecular flexibility index (Phi) is 4.33. The van der Waals surface area contributed by atoms with E-state index >= 15 is 0 Å². The highest BCUT2D eigenvalue weighted by Crippen LogP contribution is 2.35. The molecule has 2 amide bonds. The summed E-state index contributed by atoms with van der Waals surface area (Å²) in [5, 5.41) is 0. The summed E-state index contributed by atoms with van der Waals surface area (Å²) in [4.78, 5) is 28.9. The Morgan fingerprint density at radius 2 is 1.85 bits per heavy atom. The van der Waals surface area contributed by atoms with Crippen molar-refractivity contribution in [2.45, 2.75) is 32.2 Å². The molecule has 0 N–H and O–H groups in total. The van der Waals surface area contributed by atoms with E-state index in [1.807, 2.05) is 53.4 Å². The number of amides is 2. The molecule has 0 spiro atoms. The zero-order chi connectivity index (χ0) is 18.1. The van der Waals surface area contributed by atoms with Crippen molar-refractivity contribution in [1.29, 1.82) is 0 Å². The molecule has 0 bridgehead atoms. The predicted octanol–water partition coefficient (Wildman–Crippen LogP) is 3.93. The van der Waals surface area contributed by atoms with Crippen molar-refractivity contribution < 1.29 is 9.59 Å². The van der Waals surface area contributed by atoms with Gasteiger partial charge in [0.25, 0.3) is 0 Å². The molecule has 0 saturated carbocycles. The third-order valence-electron chi connectivity index (χ3n) is 5.25. The zero-order valence-corrected chi connectivity index (χ0v) is 14.9. The van der Waals surface area contributed by atoms with E-state index in [0.29, 0.717) is 0 Å². The van der Waals surface area contributed by atoms with Gasteiger partial charge in [-0.1, -0.05) is 42.5 Å². The van der Waals surface area contributed by atoms with Gasteiger partial charge in [-0.05, 0) is 41.7 Å². The summed E-state index contributed by atoms with van der Waals surface area (Å²) in [6.45, 7) is 2.28. The van der Waals surface area contributed by atoms with E-state index in [2.05, 4.69) is 6.07 Å². The summed E-state index contributed by atoms with van der Waals surface area (Å²) < 4.78 is 0. The number of aryl methyl sites for hydroxylation is 1. The van der Waals surface area contributed by atoms with E-state index in [1.165, 1.54) is 5.56 Å². The molecule has 132 valence electrons. The van der Waals surface area contributed by atoms with E-state index in [-0.39, 0.29) is 24.3 Å². The minimum Gasteiger partial charge on any atom is -0.312 e. The van der Waals surface area contributed by atoms with Gasteiger partial charge in [0.1, 0.15) is 0 Å². The van der Waals surface area contributed by atoms with E-state index in [4.69, 9.17) is 0 Å². The molecule has 4 rings (SSSR count). The second kappa shape index (κ2) is 6.79. The van der Waals surface area contributed by atoms with Crippen LogP contribution >= 0.6 is 0 Å². The van der Waals surface area contributed by atoms with Crippen LogP contribution in [0.2, 0.25) is 0 Å². The number of benzene rings is 2. The Balaban J connectivity index is 1.64. The quantitative estimate of drug-likeness (QED) is 0.827. The number of para-hydroxylation sites is 1. The van der Waals surface area contributed by atoms with Crippen LogP contribution in [-0.4, -0.2) is 23.3 Å². The van der Waals surface area contributed by atoms with Crippen molar-refractivity contribution in [3.05, 3.63) is 71.4 Å². The van der Waals surface area contributed by atoms with Crippen molar-refractivity contribution in [3.63, 3.8) is 0 Å². The topological polar surface area (TPSA) is 40.6 Å². The van der Waals surface area contributed by atoms with Gasteiger partial charge in [0.15, 0.2) is 0 Å². The van der Waals surface area contributed by atoms with Gasteiger partial charge in [-0.3, -0.25) is 9.59 Å². The molecule has 4 heteroatoms. The molecule has 1 atom stereocenters. The highest BCUT2D eigenvalue weighted by Gasteiger charge is 2.31. The normalized spacial score (nSPS) is 18.3. The van der Waals surface area contributed by atoms with Gasteiger partial charge < -0.3 is 9.80 Å². The van der Waals surface area contributed by atoms with Crippen LogP contribution in [0.5, 0.6) is 0 Å². The second-order valence-corrected chi connectivity index (χ2v) is 6.87. The first kappa shape index (κ1) is 16.6. The number of hydrogen-bond acceptors (Lipinski definition) is 2. The molecule has 0 unspecified atom stereocenters. The van der Waals surface area contributed by atoms with Crippen LogP contribution in [0.25, 0.3) is 6.08 Å². The minimum absolute atomic E-state index is 0.0485. The van der Waals surface area contributed by atoms with Crippen molar-refractivity contribution >= 4 is 23.6 Å². The van der Waals surface area contributed by atoms with E-state index < -0.39 is 0 Å². The average Bonchev–Trinajstić information content (AvgIpc) is 2.67. The minimum atomic E-state index is -0.254. The number of nitrogens with zero attached hydrogens (tertiary/aromatic N) is 2. The van der Waals surface area contributed by atoms with Gasteiger partial charge in [0, 0.05) is 25.4 Å². The fourth-order valence-electron chi connectivity index (χ4n) is 3.98. The predicted molar refractivity (Wildman–Crippen MR) is 102 cm³/mol. The molecule has 2 aromatic carbocycles. The van der Waals surface area contributed by atoms with Gasteiger partial charge in [-0.15, -0.1) is 0 Å². The molecule has 0 aromatic heterocycles. The summed E-state index contributed by atoms with van der Waals surface area (Å²) in [6, 6.07) is 15.8. The number of anilines is 1. The molecular weight excluding hydrogens is 324 g/mol. The molecular formula is C22H22N2O2. The lowest BCUT2D eigenvalue weighted by Gasteiger charge is -2.35. The van der Waals surface area contributed by atoms with Crippen molar-refractivity contribution in [2.75, 3.05) is 11.4 Å². The molecule has 0 radical (unpaired) electrons. The molecule has 4 nitrogen and oxygen atoms in total. The van der Waals surface area contributed by atoms with E-state index in [1.54, 1.807) is 18.0 Å². The molecule has 0 aliphatic carbocycles. The number of carbonyl (C=O) groups is 2. The lowest BCUT2D eigenvalue weighted by atomic mass is 9.92. The van der Waals surface area contributed by atoms with Gasteiger partial charge in [0.2, 0.25) is 11.8 Å². The Bertz CT molecular complexity index is 887. The van der Waals surface area contributed by atoms with E-state index in [0.717, 1.165) is 36.2 Å². The number of carbonyl (C=O) groups excluding carboxylic acids is 2. The van der Waals surface area contributed by atoms with Gasteiger partial charge >= 0.3 is 0 Å². The fraction of sp³-hybridized carbons (Fsp3) is 0.273. The van der Waals surface area contributed by atoms with Crippen LogP contribution in [-0.2, 0) is 16.0 Å². The number of hydrogen-bond donors (Lipinski definition) is 0. The third-order valence-corrected chi connectivity index (χ3v) is 5.25. The monoisotopic (exact) mass is 346 g/mol. The molecule has 2 heterocycles. The molecule has 26 heavy (non-hydrogen) atoms. The highest BCUT2D eigenvalue weighted by molar-refractivity contribution is 5.95. The van der Waals surface area contributed by atoms with Crippen LogP contribution in [0.4, 0.5) is 5.69 Å². The van der Waals surface area contributed by atoms with Gasteiger partial charge in [-0.2, -0.15) is 0 Å². The lowest BCUT2D eigenvalue weighted by Crippen LogP contribution is -2.39. The van der Waals surface area contributed by atoms with Crippen LogP contribution in [0.15, 0.2) is 54.7 Å². The summed E-state index contributed by atoms with van der Waals surface area (Å²) in [5.74, 6) is 0.0195. The van der Waals surface area contributed by atoms with Crippen LogP contribution in [0.1, 0.15) is 42.5 Å². The number of fused-ring (bicyclic) bond motifs is 2. The van der Waals surface area contributed by atoms with E-state index in [9.17, 15) is 9.59 Å². The summed E-state index contributed by atoms with van der Waals surface area (Å²) in [5.41, 5.74) is 4.34. The molecule has 2 aliphatic heterocycles. The maximum Gasteiger partial charge on any atom is 0.229 e. The zero-order valence-electron chi connectivity index (χ0n) is 14.9. The first-order valence-electron chi connectivity index (χ1n) is 9.09. The van der Waals surface area contributed by atoms with Crippen LogP contribution in [0, 0.1) is 0 Å². The third kappa shape index (κ3) is 2.92. The molecule has 0 saturated heterocycles. The fourth-order valence-corrected chi connectivity index (χ4v) is 3.98. The Morgan fingerprint density at radius 3 is 2.69 bits per heavy atom. The Morgan fingerprint density at radius 1 is 1.08 bits per heavy atom. The van der Waals surface area contributed by atoms with Crippen LogP contribution < -0.4 is 4.90 Å². The first-order valence-corrected chi connectivity index (χ1v) is 9.09. The maximum atomic E-state index is 13.2.